The van der Waals surface area contributed by atoms with Gasteiger partial charge < -0.3 is 15.2 Å². The van der Waals surface area contributed by atoms with Crippen molar-refractivity contribution in [1.29, 1.82) is 0 Å². The van der Waals surface area contributed by atoms with Crippen molar-refractivity contribution in [1.82, 2.24) is 5.32 Å². The number of phenolic OH excluding ortho intramolecular Hbond substituents is 1. The summed E-state index contributed by atoms with van der Waals surface area (Å²) >= 11 is 0. The number of amidine groups is 1. The van der Waals surface area contributed by atoms with Gasteiger partial charge >= 0.3 is 0 Å². The highest BCUT2D eigenvalue weighted by molar-refractivity contribution is 6.05. The molecule has 0 bridgehead atoms. The summed E-state index contributed by atoms with van der Waals surface area (Å²) < 4.78 is 0. The maximum atomic E-state index is 11.2. The Bertz CT molecular complexity index is 665. The van der Waals surface area contributed by atoms with Gasteiger partial charge in [-0.2, -0.15) is 0 Å². The number of aromatic hydroxyl groups is 1. The van der Waals surface area contributed by atoms with Crippen LogP contribution in [0.1, 0.15) is 17.2 Å². The highest BCUT2D eigenvalue weighted by atomic mass is 16.3. The molecule has 0 saturated heterocycles. The SMILES string of the molecule is O=CC1NC(c2ccccc2O)=Nc2ccccc21. The highest BCUT2D eigenvalue weighted by Crippen LogP contribution is 2.30. The van der Waals surface area contributed by atoms with Gasteiger partial charge in [0.25, 0.3) is 0 Å². The van der Waals surface area contributed by atoms with Gasteiger partial charge in [0, 0.05) is 5.56 Å². The normalized spacial score (nSPS) is 17.1. The predicted molar refractivity (Wildman–Crippen MR) is 72.7 cm³/mol. The molecule has 94 valence electrons. The van der Waals surface area contributed by atoms with Crippen LogP contribution in [0.5, 0.6) is 5.75 Å². The van der Waals surface area contributed by atoms with Crippen molar-refractivity contribution in [2.24, 2.45) is 4.99 Å². The minimum atomic E-state index is -0.441. The van der Waals surface area contributed by atoms with E-state index in [4.69, 9.17) is 0 Å². The second-order valence-electron chi connectivity index (χ2n) is 4.29. The molecule has 0 spiro atoms. The zero-order chi connectivity index (χ0) is 13.2. The highest BCUT2D eigenvalue weighted by Gasteiger charge is 2.22. The second-order valence-corrected chi connectivity index (χ2v) is 4.29. The third kappa shape index (κ3) is 1.97. The Labute approximate surface area is 110 Å². The number of nitrogens with one attached hydrogen (secondary N) is 1. The Balaban J connectivity index is 2.13. The zero-order valence-corrected chi connectivity index (χ0v) is 10.1. The lowest BCUT2D eigenvalue weighted by atomic mass is 10.0. The van der Waals surface area contributed by atoms with Crippen LogP contribution in [0.3, 0.4) is 0 Å². The molecule has 0 radical (unpaired) electrons. The lowest BCUT2D eigenvalue weighted by Gasteiger charge is -2.23. The molecule has 1 heterocycles. The zero-order valence-electron chi connectivity index (χ0n) is 10.1. The van der Waals surface area contributed by atoms with E-state index in [-0.39, 0.29) is 5.75 Å². The van der Waals surface area contributed by atoms with E-state index >= 15 is 0 Å². The summed E-state index contributed by atoms with van der Waals surface area (Å²) in [5.41, 5.74) is 2.18. The number of hydrogen-bond donors (Lipinski definition) is 2. The van der Waals surface area contributed by atoms with Crippen LogP contribution < -0.4 is 5.32 Å². The number of hydrogen-bond acceptors (Lipinski definition) is 4. The molecule has 1 aliphatic rings. The Hall–Kier alpha value is -2.62. The number of phenols is 1. The van der Waals surface area contributed by atoms with E-state index in [1.807, 2.05) is 30.3 Å². The Kier molecular flexibility index (Phi) is 2.76. The van der Waals surface area contributed by atoms with E-state index in [0.717, 1.165) is 17.5 Å². The van der Waals surface area contributed by atoms with Crippen LogP contribution in [0.2, 0.25) is 0 Å². The van der Waals surface area contributed by atoms with Crippen LogP contribution in [0, 0.1) is 0 Å². The Morgan fingerprint density at radius 2 is 1.84 bits per heavy atom. The van der Waals surface area contributed by atoms with Gasteiger partial charge in [0.05, 0.1) is 11.3 Å². The summed E-state index contributed by atoms with van der Waals surface area (Å²) in [6.07, 6.45) is 0.841. The number of benzene rings is 2. The van der Waals surface area contributed by atoms with Crippen LogP contribution in [0.15, 0.2) is 53.5 Å². The van der Waals surface area contributed by atoms with Crippen molar-refractivity contribution in [3.8, 4) is 5.75 Å². The van der Waals surface area contributed by atoms with E-state index in [1.54, 1.807) is 18.2 Å². The summed E-state index contributed by atoms with van der Waals surface area (Å²) in [6.45, 7) is 0. The van der Waals surface area contributed by atoms with Crippen LogP contribution in [0.4, 0.5) is 5.69 Å². The van der Waals surface area contributed by atoms with Gasteiger partial charge in [0.15, 0.2) is 0 Å². The number of para-hydroxylation sites is 2. The summed E-state index contributed by atoms with van der Waals surface area (Å²) in [4.78, 5) is 15.7. The smallest absolute Gasteiger partial charge is 0.146 e. The first-order valence-electron chi connectivity index (χ1n) is 5.97. The minimum absolute atomic E-state index is 0.137. The fourth-order valence-corrected chi connectivity index (χ4v) is 2.15. The number of carbonyl (C=O) groups is 1. The molecule has 1 atom stereocenters. The van der Waals surface area contributed by atoms with Crippen LogP contribution in [-0.4, -0.2) is 17.2 Å². The standard InChI is InChI=1S/C15H12N2O2/c18-9-13-10-5-1-3-7-12(10)16-15(17-13)11-6-2-4-8-14(11)19/h1-9,13,19H,(H,16,17). The predicted octanol–water partition coefficient (Wildman–Crippen LogP) is 2.31. The summed E-state index contributed by atoms with van der Waals surface area (Å²) in [6, 6.07) is 13.9. The number of nitrogens with zero attached hydrogens (tertiary/aromatic N) is 1. The summed E-state index contributed by atoms with van der Waals surface area (Å²) in [5.74, 6) is 0.645. The van der Waals surface area contributed by atoms with E-state index in [0.29, 0.717) is 11.4 Å². The summed E-state index contributed by atoms with van der Waals surface area (Å²) in [7, 11) is 0. The van der Waals surface area contributed by atoms with E-state index in [2.05, 4.69) is 10.3 Å². The van der Waals surface area contributed by atoms with Crippen molar-refractivity contribution < 1.29 is 9.90 Å². The molecule has 3 rings (SSSR count). The van der Waals surface area contributed by atoms with Crippen molar-refractivity contribution in [3.05, 3.63) is 59.7 Å². The van der Waals surface area contributed by atoms with Gasteiger partial charge in [0.1, 0.15) is 23.9 Å². The molecule has 1 unspecified atom stereocenters. The largest absolute Gasteiger partial charge is 0.507 e. The van der Waals surface area contributed by atoms with Crippen molar-refractivity contribution in [2.45, 2.75) is 6.04 Å². The molecule has 4 nitrogen and oxygen atoms in total. The van der Waals surface area contributed by atoms with Gasteiger partial charge in [-0.25, -0.2) is 4.99 Å². The summed E-state index contributed by atoms with van der Waals surface area (Å²) in [5, 5.41) is 12.9. The quantitative estimate of drug-likeness (QED) is 0.806. The molecule has 2 aromatic carbocycles. The second kappa shape index (κ2) is 4.57. The fourth-order valence-electron chi connectivity index (χ4n) is 2.15. The molecule has 0 aliphatic carbocycles. The lowest BCUT2D eigenvalue weighted by molar-refractivity contribution is -0.109. The molecule has 19 heavy (non-hydrogen) atoms. The monoisotopic (exact) mass is 252 g/mol. The molecule has 2 N–H and O–H groups in total. The molecule has 0 aromatic heterocycles. The number of aldehydes is 1. The van der Waals surface area contributed by atoms with Crippen molar-refractivity contribution >= 4 is 17.8 Å². The first kappa shape index (κ1) is 11.5. The molecule has 2 aromatic rings. The van der Waals surface area contributed by atoms with Crippen LogP contribution in [0.25, 0.3) is 0 Å². The van der Waals surface area contributed by atoms with E-state index < -0.39 is 6.04 Å². The lowest BCUT2D eigenvalue weighted by Crippen LogP contribution is -2.32. The van der Waals surface area contributed by atoms with Gasteiger partial charge in [0.2, 0.25) is 0 Å². The van der Waals surface area contributed by atoms with Gasteiger partial charge in [-0.3, -0.25) is 0 Å². The Morgan fingerprint density at radius 1 is 1.11 bits per heavy atom. The fraction of sp³-hybridized carbons (Fsp3) is 0.0667. The first-order chi connectivity index (χ1) is 9.29. The topological polar surface area (TPSA) is 61.7 Å². The molecular formula is C15H12N2O2. The number of carbonyl (C=O) groups excluding carboxylic acids is 1. The van der Waals surface area contributed by atoms with E-state index in [1.165, 1.54) is 0 Å². The average molecular weight is 252 g/mol. The third-order valence-corrected chi connectivity index (χ3v) is 3.09. The minimum Gasteiger partial charge on any atom is -0.507 e. The molecule has 1 aliphatic heterocycles. The van der Waals surface area contributed by atoms with Crippen LogP contribution >= 0.6 is 0 Å². The molecular weight excluding hydrogens is 240 g/mol. The van der Waals surface area contributed by atoms with Crippen molar-refractivity contribution in [3.63, 3.8) is 0 Å². The average Bonchev–Trinajstić information content (AvgIpc) is 2.46. The molecule has 0 saturated carbocycles. The molecule has 4 heteroatoms. The molecule has 0 amide bonds. The van der Waals surface area contributed by atoms with Gasteiger partial charge in [-0.05, 0) is 18.2 Å². The molecule has 0 fully saturated rings. The van der Waals surface area contributed by atoms with Gasteiger partial charge in [-0.1, -0.05) is 30.3 Å². The number of rotatable bonds is 2. The number of fused-ring (bicyclic) bond motifs is 1. The van der Waals surface area contributed by atoms with Gasteiger partial charge in [-0.15, -0.1) is 0 Å². The third-order valence-electron chi connectivity index (χ3n) is 3.09. The van der Waals surface area contributed by atoms with E-state index in [9.17, 15) is 9.90 Å². The maximum absolute atomic E-state index is 11.2. The Morgan fingerprint density at radius 3 is 2.63 bits per heavy atom. The number of aliphatic imine (C=N–C) groups is 1. The van der Waals surface area contributed by atoms with Crippen LogP contribution in [-0.2, 0) is 4.79 Å². The first-order valence-corrected chi connectivity index (χ1v) is 5.97. The van der Waals surface area contributed by atoms with Crippen molar-refractivity contribution in [2.75, 3.05) is 0 Å². The maximum Gasteiger partial charge on any atom is 0.146 e.